The number of rotatable bonds is 7. The number of benzene rings is 2. The van der Waals surface area contributed by atoms with E-state index in [-0.39, 0.29) is 17.8 Å². The molecule has 1 saturated heterocycles. The quantitative estimate of drug-likeness (QED) is 0.829. The number of nitrogens with one attached hydrogen (secondary N) is 1. The van der Waals surface area contributed by atoms with Gasteiger partial charge in [0.2, 0.25) is 5.91 Å². The SMILES string of the molecule is COc1cccc(CCNC(=O)C2CCCN2Cc2ccccc2F)c1. The topological polar surface area (TPSA) is 41.6 Å². The summed E-state index contributed by atoms with van der Waals surface area (Å²) in [5, 5.41) is 3.03. The second kappa shape index (κ2) is 8.81. The van der Waals surface area contributed by atoms with Crippen LogP contribution in [0.3, 0.4) is 0 Å². The molecule has 0 bridgehead atoms. The number of carbonyl (C=O) groups excluding carboxylic acids is 1. The maximum Gasteiger partial charge on any atom is 0.237 e. The predicted octanol–water partition coefficient (Wildman–Crippen LogP) is 3.16. The number of hydrogen-bond donors (Lipinski definition) is 1. The van der Waals surface area contributed by atoms with Crippen LogP contribution in [0.25, 0.3) is 0 Å². The monoisotopic (exact) mass is 356 g/mol. The normalized spacial score (nSPS) is 17.2. The molecule has 5 heteroatoms. The molecule has 1 aliphatic heterocycles. The summed E-state index contributed by atoms with van der Waals surface area (Å²) in [5.41, 5.74) is 1.77. The van der Waals surface area contributed by atoms with Gasteiger partial charge in [0.05, 0.1) is 13.2 Å². The summed E-state index contributed by atoms with van der Waals surface area (Å²) in [4.78, 5) is 14.6. The number of amides is 1. The number of likely N-dealkylation sites (tertiary alicyclic amines) is 1. The fourth-order valence-corrected chi connectivity index (χ4v) is 3.43. The molecule has 2 aromatic carbocycles. The van der Waals surface area contributed by atoms with Gasteiger partial charge in [0.15, 0.2) is 0 Å². The molecule has 0 aromatic heterocycles. The zero-order valence-corrected chi connectivity index (χ0v) is 15.1. The highest BCUT2D eigenvalue weighted by Gasteiger charge is 2.30. The van der Waals surface area contributed by atoms with Crippen LogP contribution in [0.5, 0.6) is 5.75 Å². The summed E-state index contributed by atoms with van der Waals surface area (Å²) >= 11 is 0. The number of hydrogen-bond acceptors (Lipinski definition) is 3. The first-order valence-corrected chi connectivity index (χ1v) is 9.05. The van der Waals surface area contributed by atoms with Gasteiger partial charge in [-0.05, 0) is 49.6 Å². The molecule has 0 radical (unpaired) electrons. The third kappa shape index (κ3) is 4.61. The molecule has 4 nitrogen and oxygen atoms in total. The maximum absolute atomic E-state index is 13.9. The number of methoxy groups -OCH3 is 1. The molecule has 0 aliphatic carbocycles. The van der Waals surface area contributed by atoms with Crippen LogP contribution in [0.15, 0.2) is 48.5 Å². The molecule has 1 fully saturated rings. The van der Waals surface area contributed by atoms with Crippen LogP contribution in [0.1, 0.15) is 24.0 Å². The molecule has 0 saturated carbocycles. The first-order chi connectivity index (χ1) is 12.7. The number of ether oxygens (including phenoxy) is 1. The van der Waals surface area contributed by atoms with Gasteiger partial charge in [-0.1, -0.05) is 30.3 Å². The number of halogens is 1. The lowest BCUT2D eigenvalue weighted by Gasteiger charge is -2.24. The highest BCUT2D eigenvalue weighted by atomic mass is 19.1. The van der Waals surface area contributed by atoms with Crippen molar-refractivity contribution in [3.8, 4) is 5.75 Å². The van der Waals surface area contributed by atoms with Crippen molar-refractivity contribution in [2.75, 3.05) is 20.2 Å². The Morgan fingerprint density at radius 2 is 2.12 bits per heavy atom. The average Bonchev–Trinajstić information content (AvgIpc) is 3.12. The third-order valence-corrected chi connectivity index (χ3v) is 4.84. The molecule has 26 heavy (non-hydrogen) atoms. The van der Waals surface area contributed by atoms with Crippen LogP contribution in [0.4, 0.5) is 4.39 Å². The zero-order valence-electron chi connectivity index (χ0n) is 15.1. The smallest absolute Gasteiger partial charge is 0.237 e. The molecule has 1 aliphatic rings. The minimum atomic E-state index is -0.211. The van der Waals surface area contributed by atoms with Crippen molar-refractivity contribution >= 4 is 5.91 Å². The first-order valence-electron chi connectivity index (χ1n) is 9.05. The van der Waals surface area contributed by atoms with Crippen LogP contribution in [0.2, 0.25) is 0 Å². The van der Waals surface area contributed by atoms with E-state index in [0.29, 0.717) is 18.7 Å². The van der Waals surface area contributed by atoms with Gasteiger partial charge >= 0.3 is 0 Å². The van der Waals surface area contributed by atoms with Gasteiger partial charge in [-0.25, -0.2) is 4.39 Å². The second-order valence-electron chi connectivity index (χ2n) is 6.61. The molecule has 1 heterocycles. The molecular formula is C21H25FN2O2. The average molecular weight is 356 g/mol. The molecule has 1 unspecified atom stereocenters. The molecule has 138 valence electrons. The maximum atomic E-state index is 13.9. The van der Waals surface area contributed by atoms with E-state index < -0.39 is 0 Å². The molecule has 2 aromatic rings. The summed E-state index contributed by atoms with van der Waals surface area (Å²) in [5.74, 6) is 0.638. The Morgan fingerprint density at radius 1 is 1.27 bits per heavy atom. The Kier molecular flexibility index (Phi) is 6.23. The summed E-state index contributed by atoms with van der Waals surface area (Å²) < 4.78 is 19.1. The Labute approximate surface area is 154 Å². The van der Waals surface area contributed by atoms with Crippen molar-refractivity contribution in [2.24, 2.45) is 0 Å². The number of nitrogens with zero attached hydrogens (tertiary/aromatic N) is 1. The van der Waals surface area contributed by atoms with E-state index in [9.17, 15) is 9.18 Å². The van der Waals surface area contributed by atoms with Gasteiger partial charge in [-0.2, -0.15) is 0 Å². The van der Waals surface area contributed by atoms with Crippen LogP contribution in [0, 0.1) is 5.82 Å². The van der Waals surface area contributed by atoms with Gasteiger partial charge in [0.1, 0.15) is 11.6 Å². The minimum absolute atomic E-state index is 0.0294. The highest BCUT2D eigenvalue weighted by molar-refractivity contribution is 5.82. The fourth-order valence-electron chi connectivity index (χ4n) is 3.43. The van der Waals surface area contributed by atoms with E-state index in [0.717, 1.165) is 37.1 Å². The second-order valence-corrected chi connectivity index (χ2v) is 6.61. The molecule has 1 amide bonds. The highest BCUT2D eigenvalue weighted by Crippen LogP contribution is 2.21. The molecule has 1 atom stereocenters. The lowest BCUT2D eigenvalue weighted by Crippen LogP contribution is -2.43. The van der Waals surface area contributed by atoms with E-state index in [1.54, 1.807) is 19.2 Å². The van der Waals surface area contributed by atoms with Gasteiger partial charge in [0, 0.05) is 18.7 Å². The van der Waals surface area contributed by atoms with Crippen molar-refractivity contribution in [3.05, 3.63) is 65.5 Å². The van der Waals surface area contributed by atoms with Crippen molar-refractivity contribution in [1.82, 2.24) is 10.2 Å². The zero-order chi connectivity index (χ0) is 18.4. The van der Waals surface area contributed by atoms with Crippen LogP contribution >= 0.6 is 0 Å². The van der Waals surface area contributed by atoms with E-state index in [1.165, 1.54) is 6.07 Å². The predicted molar refractivity (Wildman–Crippen MR) is 99.5 cm³/mol. The number of carbonyl (C=O) groups is 1. The molecule has 1 N–H and O–H groups in total. The molecular weight excluding hydrogens is 331 g/mol. The minimum Gasteiger partial charge on any atom is -0.497 e. The molecule has 3 rings (SSSR count). The van der Waals surface area contributed by atoms with Crippen LogP contribution in [-0.4, -0.2) is 37.0 Å². The Bertz CT molecular complexity index is 750. The standard InChI is InChI=1S/C21H25FN2O2/c1-26-18-8-4-6-16(14-18)11-12-23-21(25)20-10-5-13-24(20)15-17-7-2-3-9-19(17)22/h2-4,6-9,14,20H,5,10-13,15H2,1H3,(H,23,25). The van der Waals surface area contributed by atoms with Gasteiger partial charge in [-0.15, -0.1) is 0 Å². The third-order valence-electron chi connectivity index (χ3n) is 4.84. The van der Waals surface area contributed by atoms with Gasteiger partial charge in [0.25, 0.3) is 0 Å². The van der Waals surface area contributed by atoms with Crippen LogP contribution in [-0.2, 0) is 17.8 Å². The van der Waals surface area contributed by atoms with E-state index in [4.69, 9.17) is 4.74 Å². The Balaban J connectivity index is 1.52. The van der Waals surface area contributed by atoms with Crippen LogP contribution < -0.4 is 10.1 Å². The summed E-state index contributed by atoms with van der Waals surface area (Å²) in [7, 11) is 1.64. The molecule has 0 spiro atoms. The van der Waals surface area contributed by atoms with Crippen molar-refractivity contribution in [1.29, 1.82) is 0 Å². The van der Waals surface area contributed by atoms with E-state index >= 15 is 0 Å². The summed E-state index contributed by atoms with van der Waals surface area (Å²) in [6, 6.07) is 14.4. The summed E-state index contributed by atoms with van der Waals surface area (Å²) in [6.07, 6.45) is 2.53. The van der Waals surface area contributed by atoms with E-state index in [1.807, 2.05) is 30.3 Å². The van der Waals surface area contributed by atoms with Crippen molar-refractivity contribution < 1.29 is 13.9 Å². The van der Waals surface area contributed by atoms with Crippen molar-refractivity contribution in [2.45, 2.75) is 31.8 Å². The first kappa shape index (κ1) is 18.4. The fraction of sp³-hybridized carbons (Fsp3) is 0.381. The Hall–Kier alpha value is -2.40. The summed E-state index contributed by atoms with van der Waals surface area (Å²) in [6.45, 7) is 1.87. The largest absolute Gasteiger partial charge is 0.497 e. The lowest BCUT2D eigenvalue weighted by atomic mass is 10.1. The van der Waals surface area contributed by atoms with E-state index in [2.05, 4.69) is 10.2 Å². The van der Waals surface area contributed by atoms with Gasteiger partial charge < -0.3 is 10.1 Å². The Morgan fingerprint density at radius 3 is 2.92 bits per heavy atom. The van der Waals surface area contributed by atoms with Gasteiger partial charge in [-0.3, -0.25) is 9.69 Å². The van der Waals surface area contributed by atoms with Crippen molar-refractivity contribution in [3.63, 3.8) is 0 Å². The lowest BCUT2D eigenvalue weighted by molar-refractivity contribution is -0.125.